The lowest BCUT2D eigenvalue weighted by Crippen LogP contribution is -2.58. The standard InChI is InChI=1S/C30H46ClNO3S/c1-5-23(25-8-9-26(31)36-25)32-27(35)14-17(2)20-6-7-21-28-22(11-13-30(20,21)4)29(3)12-10-19(33)15-18(29)16-24(28)34/h8-9,17-24,28,33-34H,5-7,10-16H2,1-4H3,(H,32,35)/t17-,18+,19-,20?,21+,22+,23-,24-,28+,29+,30-/m1/s1. The zero-order valence-electron chi connectivity index (χ0n) is 22.5. The molecule has 6 heteroatoms. The summed E-state index contributed by atoms with van der Waals surface area (Å²) in [5.74, 6) is 2.94. The lowest BCUT2D eigenvalue weighted by Gasteiger charge is -2.62. The van der Waals surface area contributed by atoms with Crippen LogP contribution in [0.15, 0.2) is 12.1 Å². The topological polar surface area (TPSA) is 69.6 Å². The van der Waals surface area contributed by atoms with Gasteiger partial charge in [-0.25, -0.2) is 0 Å². The Labute approximate surface area is 226 Å². The smallest absolute Gasteiger partial charge is 0.220 e. The van der Waals surface area contributed by atoms with E-state index in [-0.39, 0.29) is 35.0 Å². The number of rotatable bonds is 6. The number of aliphatic hydroxyl groups excluding tert-OH is 2. The van der Waals surface area contributed by atoms with Crippen molar-refractivity contribution in [3.05, 3.63) is 21.3 Å². The highest BCUT2D eigenvalue weighted by molar-refractivity contribution is 7.16. The van der Waals surface area contributed by atoms with Gasteiger partial charge in [-0.2, -0.15) is 0 Å². The van der Waals surface area contributed by atoms with Crippen LogP contribution >= 0.6 is 22.9 Å². The van der Waals surface area contributed by atoms with Crippen LogP contribution in [-0.2, 0) is 4.79 Å². The molecule has 0 saturated heterocycles. The molecule has 1 aromatic rings. The largest absolute Gasteiger partial charge is 0.393 e. The Kier molecular flexibility index (Phi) is 7.62. The summed E-state index contributed by atoms with van der Waals surface area (Å²) in [6.45, 7) is 9.34. The van der Waals surface area contributed by atoms with E-state index in [1.165, 1.54) is 25.7 Å². The molecular formula is C30H46ClNO3S. The summed E-state index contributed by atoms with van der Waals surface area (Å²) < 4.78 is 0.765. The number of carbonyl (C=O) groups excluding carboxylic acids is 1. The van der Waals surface area contributed by atoms with Crippen molar-refractivity contribution in [2.24, 2.45) is 46.3 Å². The van der Waals surface area contributed by atoms with E-state index < -0.39 is 0 Å². The third kappa shape index (κ3) is 4.58. The van der Waals surface area contributed by atoms with Gasteiger partial charge in [0, 0.05) is 11.3 Å². The quantitative estimate of drug-likeness (QED) is 0.368. The second-order valence-corrected chi connectivity index (χ2v) is 15.1. The number of thiophene rings is 1. The third-order valence-corrected chi connectivity index (χ3v) is 12.9. The van der Waals surface area contributed by atoms with E-state index in [2.05, 4.69) is 33.0 Å². The Morgan fingerprint density at radius 1 is 1.11 bits per heavy atom. The van der Waals surface area contributed by atoms with E-state index in [0.29, 0.717) is 41.9 Å². The van der Waals surface area contributed by atoms with Crippen LogP contribution in [0.3, 0.4) is 0 Å². The summed E-state index contributed by atoms with van der Waals surface area (Å²) in [6, 6.07) is 3.97. The second kappa shape index (κ2) is 10.2. The van der Waals surface area contributed by atoms with Gasteiger partial charge in [0.05, 0.1) is 22.6 Å². The van der Waals surface area contributed by atoms with Gasteiger partial charge in [-0.3, -0.25) is 4.79 Å². The zero-order chi connectivity index (χ0) is 25.8. The Morgan fingerprint density at radius 3 is 2.53 bits per heavy atom. The average Bonchev–Trinajstić information content (AvgIpc) is 3.41. The first-order chi connectivity index (χ1) is 17.1. The lowest BCUT2D eigenvalue weighted by molar-refractivity contribution is -0.174. The highest BCUT2D eigenvalue weighted by Crippen LogP contribution is 2.68. The van der Waals surface area contributed by atoms with E-state index in [1.807, 2.05) is 12.1 Å². The van der Waals surface area contributed by atoms with Gasteiger partial charge < -0.3 is 15.5 Å². The first kappa shape index (κ1) is 27.0. The molecule has 202 valence electrons. The molecule has 0 spiro atoms. The maximum Gasteiger partial charge on any atom is 0.220 e. The van der Waals surface area contributed by atoms with Crippen molar-refractivity contribution in [2.75, 3.05) is 0 Å². The van der Waals surface area contributed by atoms with Crippen molar-refractivity contribution >= 4 is 28.8 Å². The van der Waals surface area contributed by atoms with Crippen LogP contribution in [0.1, 0.15) is 103 Å². The molecule has 1 unspecified atom stereocenters. The first-order valence-corrected chi connectivity index (χ1v) is 15.7. The van der Waals surface area contributed by atoms with Gasteiger partial charge in [0.15, 0.2) is 0 Å². The molecule has 1 amide bonds. The number of halogens is 1. The van der Waals surface area contributed by atoms with Crippen molar-refractivity contribution in [1.29, 1.82) is 0 Å². The van der Waals surface area contributed by atoms with E-state index in [0.717, 1.165) is 41.3 Å². The minimum absolute atomic E-state index is 0.0321. The maximum atomic E-state index is 13.1. The van der Waals surface area contributed by atoms with Gasteiger partial charge in [0.2, 0.25) is 5.91 Å². The van der Waals surface area contributed by atoms with Crippen LogP contribution in [0.5, 0.6) is 0 Å². The van der Waals surface area contributed by atoms with Gasteiger partial charge in [0.1, 0.15) is 0 Å². The van der Waals surface area contributed by atoms with Gasteiger partial charge in [-0.1, -0.05) is 39.3 Å². The molecule has 1 aromatic heterocycles. The molecule has 4 fully saturated rings. The molecule has 36 heavy (non-hydrogen) atoms. The van der Waals surface area contributed by atoms with Crippen molar-refractivity contribution in [1.82, 2.24) is 5.32 Å². The summed E-state index contributed by atoms with van der Waals surface area (Å²) in [7, 11) is 0. The van der Waals surface area contributed by atoms with E-state index in [9.17, 15) is 15.0 Å². The van der Waals surface area contributed by atoms with Crippen LogP contribution in [0.2, 0.25) is 4.34 Å². The number of aliphatic hydroxyl groups is 2. The third-order valence-electron chi connectivity index (χ3n) is 11.6. The number of carbonyl (C=O) groups is 1. The Hall–Kier alpha value is -0.620. The van der Waals surface area contributed by atoms with Crippen LogP contribution in [0.4, 0.5) is 0 Å². The number of fused-ring (bicyclic) bond motifs is 5. The van der Waals surface area contributed by atoms with Crippen LogP contribution in [-0.4, -0.2) is 28.3 Å². The molecule has 3 N–H and O–H groups in total. The molecule has 0 aromatic carbocycles. The fraction of sp³-hybridized carbons (Fsp3) is 0.833. The molecule has 11 atom stereocenters. The Bertz CT molecular complexity index is 952. The second-order valence-electron chi connectivity index (χ2n) is 13.3. The molecule has 4 aliphatic carbocycles. The van der Waals surface area contributed by atoms with Gasteiger partial charge in [-0.15, -0.1) is 11.3 Å². The normalized spacial score (nSPS) is 43.7. The summed E-state index contributed by atoms with van der Waals surface area (Å²) in [5, 5.41) is 25.1. The monoisotopic (exact) mass is 535 g/mol. The number of nitrogens with one attached hydrogen (secondary N) is 1. The van der Waals surface area contributed by atoms with Crippen LogP contribution < -0.4 is 5.32 Å². The van der Waals surface area contributed by atoms with Gasteiger partial charge in [0.25, 0.3) is 0 Å². The minimum atomic E-state index is -0.247. The van der Waals surface area contributed by atoms with Gasteiger partial charge >= 0.3 is 0 Å². The fourth-order valence-electron chi connectivity index (χ4n) is 9.75. The maximum absolute atomic E-state index is 13.1. The van der Waals surface area contributed by atoms with E-state index in [4.69, 9.17) is 11.6 Å². The van der Waals surface area contributed by atoms with Crippen molar-refractivity contribution in [2.45, 2.75) is 110 Å². The van der Waals surface area contributed by atoms with Crippen LogP contribution in [0.25, 0.3) is 0 Å². The zero-order valence-corrected chi connectivity index (χ0v) is 24.1. The predicted octanol–water partition coefficient (Wildman–Crippen LogP) is 6.99. The predicted molar refractivity (Wildman–Crippen MR) is 147 cm³/mol. The van der Waals surface area contributed by atoms with Crippen molar-refractivity contribution < 1.29 is 15.0 Å². The molecule has 0 radical (unpaired) electrons. The minimum Gasteiger partial charge on any atom is -0.393 e. The SMILES string of the molecule is CC[C@@H](NC(=O)C[C@@H](C)C1CC[C@H]2[C@@H]3[C@H](O)C[C@@H]4C[C@H](O)CC[C@]4(C)[C@H]3CC[C@]12C)c1ccc(Cl)s1. The Balaban J connectivity index is 1.27. The average molecular weight is 536 g/mol. The molecule has 4 aliphatic rings. The summed E-state index contributed by atoms with van der Waals surface area (Å²) in [4.78, 5) is 14.3. The summed E-state index contributed by atoms with van der Waals surface area (Å²) in [6.07, 6.45) is 9.47. The molecule has 0 bridgehead atoms. The van der Waals surface area contributed by atoms with Crippen LogP contribution in [0, 0.1) is 46.3 Å². The van der Waals surface area contributed by atoms with Crippen molar-refractivity contribution in [3.8, 4) is 0 Å². The lowest BCUT2D eigenvalue weighted by atomic mass is 9.43. The highest BCUT2D eigenvalue weighted by Gasteiger charge is 2.62. The first-order valence-electron chi connectivity index (χ1n) is 14.5. The molecule has 1 heterocycles. The molecule has 5 rings (SSSR count). The Morgan fingerprint density at radius 2 is 1.83 bits per heavy atom. The van der Waals surface area contributed by atoms with E-state index >= 15 is 0 Å². The summed E-state index contributed by atoms with van der Waals surface area (Å²) >= 11 is 7.69. The highest BCUT2D eigenvalue weighted by atomic mass is 35.5. The molecule has 4 nitrogen and oxygen atoms in total. The molecule has 0 aliphatic heterocycles. The van der Waals surface area contributed by atoms with Crippen molar-refractivity contribution in [3.63, 3.8) is 0 Å². The summed E-state index contributed by atoms with van der Waals surface area (Å²) in [5.41, 5.74) is 0.457. The van der Waals surface area contributed by atoms with E-state index in [1.54, 1.807) is 11.3 Å². The van der Waals surface area contributed by atoms with Gasteiger partial charge in [-0.05, 0) is 116 Å². The fourth-order valence-corrected chi connectivity index (χ4v) is 10.9. The number of amides is 1. The number of hydrogen-bond acceptors (Lipinski definition) is 4. The molecule has 4 saturated carbocycles. The number of hydrogen-bond donors (Lipinski definition) is 3. The molecular weight excluding hydrogens is 490 g/mol.